The second-order valence-electron chi connectivity index (χ2n) is 6.31. The first-order valence-electron chi connectivity index (χ1n) is 6.75. The van der Waals surface area contributed by atoms with Crippen LogP contribution in [0.2, 0.25) is 19.6 Å². The molecular weight excluding hydrogens is 252 g/mol. The topological polar surface area (TPSA) is 26.3 Å². The molecule has 1 fully saturated rings. The monoisotopic (exact) mass is 274 g/mol. The largest absolute Gasteiger partial charge is 0.497 e. The van der Waals surface area contributed by atoms with Crippen LogP contribution < -0.4 is 4.74 Å². The first kappa shape index (κ1) is 14.1. The molecule has 102 valence electrons. The molecule has 1 aliphatic rings. The zero-order chi connectivity index (χ0) is 14.0. The minimum Gasteiger partial charge on any atom is -0.497 e. The summed E-state index contributed by atoms with van der Waals surface area (Å²) in [5, 5.41) is 0. The molecule has 3 atom stereocenters. The predicted molar refractivity (Wildman–Crippen MR) is 81.3 cm³/mol. The fraction of sp³-hybridized carbons (Fsp3) is 0.438. The average molecular weight is 274 g/mol. The molecule has 19 heavy (non-hydrogen) atoms. The van der Waals surface area contributed by atoms with Gasteiger partial charge < -0.3 is 9.53 Å². The molecule has 0 amide bonds. The molecule has 2 rings (SSSR count). The number of benzene rings is 1. The molecule has 0 bridgehead atoms. The number of allylic oxidation sites excluding steroid dienone is 1. The van der Waals surface area contributed by atoms with E-state index in [-0.39, 0.29) is 5.92 Å². The van der Waals surface area contributed by atoms with Gasteiger partial charge in [0.05, 0.1) is 15.2 Å². The predicted octanol–water partition coefficient (Wildman–Crippen LogP) is 3.66. The molecule has 0 N–H and O–H groups in total. The lowest BCUT2D eigenvalue weighted by molar-refractivity contribution is -0.109. The maximum absolute atomic E-state index is 11.2. The smallest absolute Gasteiger partial charge is 0.124 e. The molecule has 0 aliphatic heterocycles. The first-order valence-corrected chi connectivity index (χ1v) is 10.3. The number of ether oxygens (including phenoxy) is 1. The Morgan fingerprint density at radius 1 is 1.11 bits per heavy atom. The summed E-state index contributed by atoms with van der Waals surface area (Å²) in [5.41, 5.74) is 3.58. The van der Waals surface area contributed by atoms with Crippen molar-refractivity contribution in [3.05, 3.63) is 41.6 Å². The van der Waals surface area contributed by atoms with Gasteiger partial charge in [0, 0.05) is 11.8 Å². The van der Waals surface area contributed by atoms with E-state index in [4.69, 9.17) is 4.74 Å². The van der Waals surface area contributed by atoms with Crippen molar-refractivity contribution in [2.24, 2.45) is 11.8 Å². The maximum Gasteiger partial charge on any atom is 0.124 e. The Morgan fingerprint density at radius 2 is 1.74 bits per heavy atom. The third-order valence-electron chi connectivity index (χ3n) is 3.61. The van der Waals surface area contributed by atoms with E-state index in [0.717, 1.165) is 12.0 Å². The highest BCUT2D eigenvalue weighted by Crippen LogP contribution is 2.53. The Bertz CT molecular complexity index is 471. The number of aldehydes is 1. The van der Waals surface area contributed by atoms with Gasteiger partial charge in [0.25, 0.3) is 0 Å². The first-order chi connectivity index (χ1) is 8.96. The Hall–Kier alpha value is -1.35. The van der Waals surface area contributed by atoms with Crippen molar-refractivity contribution < 1.29 is 9.53 Å². The van der Waals surface area contributed by atoms with E-state index in [1.807, 2.05) is 12.1 Å². The van der Waals surface area contributed by atoms with Gasteiger partial charge in [-0.2, -0.15) is 0 Å². The molecule has 0 heterocycles. The molecule has 2 nitrogen and oxygen atoms in total. The van der Waals surface area contributed by atoms with E-state index in [2.05, 4.69) is 43.5 Å². The number of carbonyl (C=O) groups excluding carboxylic acids is 1. The van der Waals surface area contributed by atoms with E-state index < -0.39 is 8.07 Å². The number of hydrogen-bond acceptors (Lipinski definition) is 2. The summed E-state index contributed by atoms with van der Waals surface area (Å²) >= 11 is 0. The number of methoxy groups -OCH3 is 1. The SMILES string of the molecule is COc1ccc([C@@H]2[C@@H](C=O)[C@H]2/C=C/[Si](C)(C)C)cc1. The molecule has 1 aromatic carbocycles. The molecular formula is C16H22O2Si. The Balaban J connectivity index is 2.11. The second kappa shape index (κ2) is 5.33. The summed E-state index contributed by atoms with van der Waals surface area (Å²) in [6, 6.07) is 8.08. The van der Waals surface area contributed by atoms with Crippen molar-refractivity contribution in [1.82, 2.24) is 0 Å². The Labute approximate surface area is 116 Å². The summed E-state index contributed by atoms with van der Waals surface area (Å²) in [6.45, 7) is 6.93. The summed E-state index contributed by atoms with van der Waals surface area (Å²) in [7, 11) is 0.482. The number of hydrogen-bond donors (Lipinski definition) is 0. The van der Waals surface area contributed by atoms with Crippen LogP contribution >= 0.6 is 0 Å². The van der Waals surface area contributed by atoms with Gasteiger partial charge in [-0.25, -0.2) is 0 Å². The van der Waals surface area contributed by atoms with Crippen LogP contribution in [0.5, 0.6) is 5.75 Å². The highest BCUT2D eigenvalue weighted by Gasteiger charge is 2.49. The van der Waals surface area contributed by atoms with Crippen LogP contribution in [0.15, 0.2) is 36.0 Å². The van der Waals surface area contributed by atoms with Crippen molar-refractivity contribution in [3.63, 3.8) is 0 Å². The molecule has 0 aromatic heterocycles. The van der Waals surface area contributed by atoms with E-state index in [1.165, 1.54) is 5.56 Å². The highest BCUT2D eigenvalue weighted by molar-refractivity contribution is 6.80. The van der Waals surface area contributed by atoms with Crippen LogP contribution in [-0.2, 0) is 4.79 Å². The highest BCUT2D eigenvalue weighted by atomic mass is 28.3. The van der Waals surface area contributed by atoms with Gasteiger partial charge in [0.1, 0.15) is 12.0 Å². The quantitative estimate of drug-likeness (QED) is 0.605. The van der Waals surface area contributed by atoms with Crippen molar-refractivity contribution in [1.29, 1.82) is 0 Å². The lowest BCUT2D eigenvalue weighted by Crippen LogP contribution is -2.15. The van der Waals surface area contributed by atoms with Crippen LogP contribution in [0.25, 0.3) is 0 Å². The van der Waals surface area contributed by atoms with Crippen molar-refractivity contribution in [3.8, 4) is 5.75 Å². The molecule has 0 radical (unpaired) electrons. The third-order valence-corrected chi connectivity index (χ3v) is 4.80. The van der Waals surface area contributed by atoms with Crippen molar-refractivity contribution >= 4 is 14.4 Å². The van der Waals surface area contributed by atoms with Gasteiger partial charge in [-0.15, -0.1) is 0 Å². The van der Waals surface area contributed by atoms with E-state index in [1.54, 1.807) is 7.11 Å². The minimum atomic E-state index is -1.18. The standard InChI is InChI=1S/C16H22O2Si/c1-18-13-7-5-12(6-8-13)16-14(15(16)11-17)9-10-19(2,3)4/h5-11,14-16H,1-4H3/b10-9+/t14-,15+,16+/m1/s1. The normalized spacial score (nSPS) is 26.4. The van der Waals surface area contributed by atoms with Gasteiger partial charge in [0.15, 0.2) is 0 Å². The zero-order valence-corrected chi connectivity index (χ0v) is 13.1. The average Bonchev–Trinajstić information content (AvgIpc) is 3.09. The lowest BCUT2D eigenvalue weighted by atomic mass is 10.1. The van der Waals surface area contributed by atoms with Crippen LogP contribution in [0.4, 0.5) is 0 Å². The molecule has 0 spiro atoms. The summed E-state index contributed by atoms with van der Waals surface area (Å²) in [6.07, 6.45) is 3.37. The van der Waals surface area contributed by atoms with Gasteiger partial charge >= 0.3 is 0 Å². The molecule has 1 saturated carbocycles. The van der Waals surface area contributed by atoms with Crippen LogP contribution in [0.3, 0.4) is 0 Å². The van der Waals surface area contributed by atoms with E-state index >= 15 is 0 Å². The van der Waals surface area contributed by atoms with Crippen molar-refractivity contribution in [2.45, 2.75) is 25.6 Å². The molecule has 0 saturated heterocycles. The minimum absolute atomic E-state index is 0.154. The van der Waals surface area contributed by atoms with Gasteiger partial charge in [0.2, 0.25) is 0 Å². The van der Waals surface area contributed by atoms with Gasteiger partial charge in [-0.05, 0) is 23.6 Å². The molecule has 1 aliphatic carbocycles. The van der Waals surface area contributed by atoms with Gasteiger partial charge in [-0.1, -0.05) is 43.5 Å². The lowest BCUT2D eigenvalue weighted by Gasteiger charge is -2.07. The molecule has 0 unspecified atom stereocenters. The van der Waals surface area contributed by atoms with E-state index in [9.17, 15) is 4.79 Å². The molecule has 1 aromatic rings. The van der Waals surface area contributed by atoms with Crippen LogP contribution in [0, 0.1) is 11.8 Å². The second-order valence-corrected chi connectivity index (χ2v) is 11.4. The fourth-order valence-electron chi connectivity index (χ4n) is 2.45. The summed E-state index contributed by atoms with van der Waals surface area (Å²) in [5.74, 6) is 1.76. The summed E-state index contributed by atoms with van der Waals surface area (Å²) < 4.78 is 5.16. The van der Waals surface area contributed by atoms with Gasteiger partial charge in [-0.3, -0.25) is 0 Å². The van der Waals surface area contributed by atoms with E-state index in [0.29, 0.717) is 11.8 Å². The van der Waals surface area contributed by atoms with Crippen molar-refractivity contribution in [2.75, 3.05) is 7.11 Å². The Kier molecular flexibility index (Phi) is 3.95. The maximum atomic E-state index is 11.2. The third kappa shape index (κ3) is 3.35. The van der Waals surface area contributed by atoms with Crippen LogP contribution in [0.1, 0.15) is 11.5 Å². The Morgan fingerprint density at radius 3 is 2.21 bits per heavy atom. The fourth-order valence-corrected chi connectivity index (χ4v) is 3.25. The molecule has 3 heteroatoms. The summed E-state index contributed by atoms with van der Waals surface area (Å²) in [4.78, 5) is 11.2. The number of rotatable bonds is 5. The van der Waals surface area contributed by atoms with Crippen LogP contribution in [-0.4, -0.2) is 21.5 Å². The number of carbonyl (C=O) groups is 1. The zero-order valence-electron chi connectivity index (χ0n) is 12.1.